The van der Waals surface area contributed by atoms with Gasteiger partial charge in [-0.1, -0.05) is 22.9 Å². The number of thiazole rings is 1. The van der Waals surface area contributed by atoms with Gasteiger partial charge in [-0.3, -0.25) is 10.1 Å². The van der Waals surface area contributed by atoms with Gasteiger partial charge in [-0.25, -0.2) is 19.9 Å². The molecule has 1 aromatic carbocycles. The van der Waals surface area contributed by atoms with Gasteiger partial charge in [0.25, 0.3) is 0 Å². The molecule has 0 bridgehead atoms. The first-order valence-electron chi connectivity index (χ1n) is 8.13. The van der Waals surface area contributed by atoms with Crippen LogP contribution in [0.25, 0.3) is 10.2 Å². The largest absolute Gasteiger partial charge is 0.497 e. The van der Waals surface area contributed by atoms with E-state index in [0.29, 0.717) is 21.7 Å². The third kappa shape index (κ3) is 4.00. The van der Waals surface area contributed by atoms with E-state index in [9.17, 15) is 10.1 Å². The normalized spacial score (nSPS) is 10.7. The van der Waals surface area contributed by atoms with Crippen LogP contribution in [0, 0.1) is 10.1 Å². The van der Waals surface area contributed by atoms with Gasteiger partial charge in [0.05, 0.1) is 27.3 Å². The van der Waals surface area contributed by atoms with Crippen molar-refractivity contribution in [3.8, 4) is 5.75 Å². The van der Waals surface area contributed by atoms with Crippen LogP contribution in [0.4, 0.5) is 28.3 Å². The summed E-state index contributed by atoms with van der Waals surface area (Å²) in [7, 11) is 1.58. The number of nitrogens with one attached hydrogen (secondary N) is 2. The average molecular weight is 430 g/mol. The van der Waals surface area contributed by atoms with E-state index in [1.807, 2.05) is 12.1 Å². The lowest BCUT2D eigenvalue weighted by Crippen LogP contribution is -2.06. The maximum absolute atomic E-state index is 11.7. The van der Waals surface area contributed by atoms with Gasteiger partial charge in [-0.15, -0.1) is 0 Å². The molecule has 12 heteroatoms. The second-order valence-electron chi connectivity index (χ2n) is 5.64. The minimum Gasteiger partial charge on any atom is -0.497 e. The highest BCUT2D eigenvalue weighted by atomic mass is 35.5. The Hall–Kier alpha value is -3.57. The number of hydrogen-bond donors (Lipinski definition) is 2. The molecule has 0 atom stereocenters. The van der Waals surface area contributed by atoms with Crippen LogP contribution in [-0.4, -0.2) is 32.0 Å². The quantitative estimate of drug-likeness (QED) is 0.335. The molecule has 0 saturated carbocycles. The molecule has 0 unspecified atom stereocenters. The van der Waals surface area contributed by atoms with Gasteiger partial charge in [0.15, 0.2) is 5.13 Å². The number of nitro groups is 1. The molecule has 0 aliphatic carbocycles. The molecule has 146 valence electrons. The SMILES string of the molecule is COc1ccc2nc(Nc3ncnc(Nc4ccc(Cl)cn4)c3[N+](=O)[O-])sc2c1. The molecule has 0 amide bonds. The maximum atomic E-state index is 11.7. The van der Waals surface area contributed by atoms with E-state index in [1.54, 1.807) is 25.3 Å². The number of pyridine rings is 1. The van der Waals surface area contributed by atoms with E-state index in [2.05, 4.69) is 30.6 Å². The molecule has 0 aliphatic rings. The minimum absolute atomic E-state index is 0.00693. The van der Waals surface area contributed by atoms with E-state index in [1.165, 1.54) is 23.9 Å². The fourth-order valence-electron chi connectivity index (χ4n) is 2.49. The zero-order valence-corrected chi connectivity index (χ0v) is 16.4. The zero-order chi connectivity index (χ0) is 20.4. The molecule has 10 nitrogen and oxygen atoms in total. The zero-order valence-electron chi connectivity index (χ0n) is 14.8. The van der Waals surface area contributed by atoms with Gasteiger partial charge in [-0.05, 0) is 30.3 Å². The predicted molar refractivity (Wildman–Crippen MR) is 111 cm³/mol. The minimum atomic E-state index is -0.572. The smallest absolute Gasteiger partial charge is 0.354 e. The molecule has 29 heavy (non-hydrogen) atoms. The van der Waals surface area contributed by atoms with E-state index >= 15 is 0 Å². The predicted octanol–water partition coefficient (Wildman–Crippen LogP) is 4.54. The summed E-state index contributed by atoms with van der Waals surface area (Å²) < 4.78 is 6.07. The molecule has 0 radical (unpaired) electrons. The number of aromatic nitrogens is 4. The molecule has 4 rings (SSSR count). The summed E-state index contributed by atoms with van der Waals surface area (Å²) in [5.41, 5.74) is 0.403. The van der Waals surface area contributed by atoms with Gasteiger partial charge in [0.1, 0.15) is 17.9 Å². The van der Waals surface area contributed by atoms with Crippen LogP contribution in [-0.2, 0) is 0 Å². The number of anilines is 4. The van der Waals surface area contributed by atoms with Crippen molar-refractivity contribution in [2.24, 2.45) is 0 Å². The van der Waals surface area contributed by atoms with Gasteiger partial charge in [-0.2, -0.15) is 0 Å². The third-order valence-corrected chi connectivity index (χ3v) is 4.96. The van der Waals surface area contributed by atoms with Crippen molar-refractivity contribution in [3.63, 3.8) is 0 Å². The van der Waals surface area contributed by atoms with Crippen LogP contribution >= 0.6 is 22.9 Å². The van der Waals surface area contributed by atoms with Crippen LogP contribution in [0.1, 0.15) is 0 Å². The van der Waals surface area contributed by atoms with Gasteiger partial charge in [0, 0.05) is 6.20 Å². The Morgan fingerprint density at radius 1 is 1.14 bits per heavy atom. The Morgan fingerprint density at radius 3 is 2.62 bits per heavy atom. The number of nitrogens with zero attached hydrogens (tertiary/aromatic N) is 5. The monoisotopic (exact) mass is 429 g/mol. The summed E-state index contributed by atoms with van der Waals surface area (Å²) >= 11 is 7.14. The molecule has 3 heterocycles. The third-order valence-electron chi connectivity index (χ3n) is 3.80. The molecule has 0 fully saturated rings. The molecule has 4 aromatic rings. The number of fused-ring (bicyclic) bond motifs is 1. The first-order valence-corrected chi connectivity index (χ1v) is 9.32. The fourth-order valence-corrected chi connectivity index (χ4v) is 3.50. The van der Waals surface area contributed by atoms with Crippen molar-refractivity contribution in [1.82, 2.24) is 19.9 Å². The second kappa shape index (κ2) is 7.81. The lowest BCUT2D eigenvalue weighted by Gasteiger charge is -2.08. The number of benzene rings is 1. The summed E-state index contributed by atoms with van der Waals surface area (Å²) in [6, 6.07) is 8.63. The Balaban J connectivity index is 1.68. The van der Waals surface area contributed by atoms with Crippen molar-refractivity contribution in [3.05, 3.63) is 58.0 Å². The van der Waals surface area contributed by atoms with Crippen molar-refractivity contribution in [2.45, 2.75) is 0 Å². The lowest BCUT2D eigenvalue weighted by atomic mass is 10.3. The summed E-state index contributed by atoms with van der Waals surface area (Å²) in [5, 5.41) is 18.3. The maximum Gasteiger partial charge on any atom is 0.354 e. The summed E-state index contributed by atoms with van der Waals surface area (Å²) in [6.45, 7) is 0. The molecule has 0 aliphatic heterocycles. The van der Waals surface area contributed by atoms with Crippen LogP contribution < -0.4 is 15.4 Å². The summed E-state index contributed by atoms with van der Waals surface area (Å²) in [6.07, 6.45) is 2.63. The van der Waals surface area contributed by atoms with Gasteiger partial charge >= 0.3 is 5.69 Å². The number of methoxy groups -OCH3 is 1. The fraction of sp³-hybridized carbons (Fsp3) is 0.0588. The number of ether oxygens (including phenoxy) is 1. The van der Waals surface area contributed by atoms with E-state index in [0.717, 1.165) is 10.2 Å². The van der Waals surface area contributed by atoms with Gasteiger partial charge in [0.2, 0.25) is 11.6 Å². The van der Waals surface area contributed by atoms with Crippen LogP contribution in [0.15, 0.2) is 42.9 Å². The Bertz CT molecular complexity index is 1200. The summed E-state index contributed by atoms with van der Waals surface area (Å²) in [4.78, 5) is 27.6. The standard InChI is InChI=1S/C17H12ClN7O3S/c1-28-10-3-4-11-12(6-10)29-17(22-11)24-16-14(25(26)27)15(20-8-21-16)23-13-5-2-9(18)7-19-13/h2-8H,1H3,(H2,19,20,21,22,23,24). The van der Waals surface area contributed by atoms with Crippen molar-refractivity contribution < 1.29 is 9.66 Å². The Kier molecular flexibility index (Phi) is 5.06. The molecular formula is C17H12ClN7O3S. The number of rotatable bonds is 6. The molecule has 0 spiro atoms. The number of halogens is 1. The van der Waals surface area contributed by atoms with E-state index in [-0.39, 0.29) is 17.3 Å². The highest BCUT2D eigenvalue weighted by Crippen LogP contribution is 2.35. The van der Waals surface area contributed by atoms with E-state index < -0.39 is 4.92 Å². The number of hydrogen-bond acceptors (Lipinski definition) is 10. The van der Waals surface area contributed by atoms with Gasteiger partial charge < -0.3 is 15.4 Å². The van der Waals surface area contributed by atoms with Crippen molar-refractivity contribution in [2.75, 3.05) is 17.7 Å². The second-order valence-corrected chi connectivity index (χ2v) is 7.11. The van der Waals surface area contributed by atoms with Crippen LogP contribution in [0.5, 0.6) is 5.75 Å². The van der Waals surface area contributed by atoms with E-state index in [4.69, 9.17) is 16.3 Å². The topological polar surface area (TPSA) is 128 Å². The Labute approximate surface area is 172 Å². The van der Waals surface area contributed by atoms with Crippen LogP contribution in [0.2, 0.25) is 5.02 Å². The van der Waals surface area contributed by atoms with Crippen LogP contribution in [0.3, 0.4) is 0 Å². The first-order chi connectivity index (χ1) is 14.0. The first kappa shape index (κ1) is 18.8. The molecule has 2 N–H and O–H groups in total. The summed E-state index contributed by atoms with van der Waals surface area (Å²) in [5.74, 6) is 1.05. The molecular weight excluding hydrogens is 418 g/mol. The Morgan fingerprint density at radius 2 is 1.93 bits per heavy atom. The highest BCUT2D eigenvalue weighted by Gasteiger charge is 2.24. The highest BCUT2D eigenvalue weighted by molar-refractivity contribution is 7.22. The van der Waals surface area contributed by atoms with Crippen molar-refractivity contribution in [1.29, 1.82) is 0 Å². The molecule has 3 aromatic heterocycles. The lowest BCUT2D eigenvalue weighted by molar-refractivity contribution is -0.383. The average Bonchev–Trinajstić information content (AvgIpc) is 3.11. The molecule has 0 saturated heterocycles. The van der Waals surface area contributed by atoms with Crippen molar-refractivity contribution >= 4 is 61.4 Å².